The maximum Gasteiger partial charge on any atom is 0.269 e. The largest absolute Gasteiger partial charge is 0.354 e. The summed E-state index contributed by atoms with van der Waals surface area (Å²) in [6.07, 6.45) is 1.77. The molecule has 0 aromatic heterocycles. The van der Waals surface area contributed by atoms with E-state index in [4.69, 9.17) is 0 Å². The van der Waals surface area contributed by atoms with Gasteiger partial charge in [-0.05, 0) is 25.0 Å². The number of rotatable bonds is 12. The van der Waals surface area contributed by atoms with Crippen LogP contribution < -0.4 is 5.32 Å². The molecule has 2 amide bonds. The van der Waals surface area contributed by atoms with Crippen molar-refractivity contribution >= 4 is 29.3 Å². The third kappa shape index (κ3) is 7.64. The van der Waals surface area contributed by atoms with Crippen molar-refractivity contribution in [2.75, 3.05) is 12.3 Å². The molecule has 2 rings (SSSR count). The van der Waals surface area contributed by atoms with E-state index in [-0.39, 0.29) is 29.8 Å². The number of unbranched alkanes of at least 4 members (excludes halogenated alkanes) is 1. The van der Waals surface area contributed by atoms with Gasteiger partial charge in [0.25, 0.3) is 5.69 Å². The molecule has 32 heavy (non-hydrogen) atoms. The Balaban J connectivity index is 2.04. The van der Waals surface area contributed by atoms with E-state index in [0.717, 1.165) is 18.4 Å². The third-order valence-corrected chi connectivity index (χ3v) is 5.93. The monoisotopic (exact) mass is 461 g/mol. The summed E-state index contributed by atoms with van der Waals surface area (Å²) in [5.41, 5.74) is 1.20. The lowest BCUT2D eigenvalue weighted by Crippen LogP contribution is -2.48. The van der Waals surface area contributed by atoms with Gasteiger partial charge < -0.3 is 10.2 Å². The Morgan fingerprint density at radius 2 is 1.88 bits per heavy atom. The highest BCUT2D eigenvalue weighted by Gasteiger charge is 2.26. The van der Waals surface area contributed by atoms with Crippen molar-refractivity contribution < 1.29 is 18.9 Å². The van der Waals surface area contributed by atoms with Crippen LogP contribution in [0.25, 0.3) is 0 Å². The van der Waals surface area contributed by atoms with Gasteiger partial charge in [-0.3, -0.25) is 19.7 Å². The van der Waals surface area contributed by atoms with Gasteiger partial charge in [0.05, 0.1) is 10.7 Å². The number of benzene rings is 2. The summed E-state index contributed by atoms with van der Waals surface area (Å²) in [4.78, 5) is 37.2. The number of nitrogens with one attached hydrogen (secondary N) is 1. The second kappa shape index (κ2) is 12.8. The fourth-order valence-electron chi connectivity index (χ4n) is 2.98. The lowest BCUT2D eigenvalue weighted by molar-refractivity contribution is -0.384. The van der Waals surface area contributed by atoms with Crippen molar-refractivity contribution in [1.29, 1.82) is 0 Å². The normalized spacial score (nSPS) is 11.6. The van der Waals surface area contributed by atoms with Crippen molar-refractivity contribution in [2.45, 2.75) is 45.0 Å². The highest BCUT2D eigenvalue weighted by molar-refractivity contribution is 7.99. The minimum atomic E-state index is -0.751. The molecule has 0 spiro atoms. The molecule has 0 heterocycles. The molecule has 172 valence electrons. The van der Waals surface area contributed by atoms with Gasteiger partial charge in [-0.2, -0.15) is 0 Å². The van der Waals surface area contributed by atoms with Crippen LogP contribution in [0, 0.1) is 15.9 Å². The van der Waals surface area contributed by atoms with Crippen LogP contribution in [0.2, 0.25) is 0 Å². The molecule has 0 saturated heterocycles. The van der Waals surface area contributed by atoms with E-state index >= 15 is 0 Å². The number of carbonyl (C=O) groups is 2. The molecule has 0 aliphatic rings. The molecule has 0 aliphatic heterocycles. The minimum absolute atomic E-state index is 0.00797. The van der Waals surface area contributed by atoms with Crippen LogP contribution in [0.15, 0.2) is 48.5 Å². The van der Waals surface area contributed by atoms with Gasteiger partial charge in [-0.1, -0.05) is 43.7 Å². The second-order valence-corrected chi connectivity index (χ2v) is 8.34. The van der Waals surface area contributed by atoms with Crippen LogP contribution in [0.3, 0.4) is 0 Å². The summed E-state index contributed by atoms with van der Waals surface area (Å²) in [5, 5.41) is 13.6. The predicted octanol–water partition coefficient (Wildman–Crippen LogP) is 4.30. The zero-order valence-electron chi connectivity index (χ0n) is 18.3. The number of nitro benzene ring substituents is 1. The number of carbonyl (C=O) groups excluding carboxylic acids is 2. The third-order valence-electron chi connectivity index (χ3n) is 4.94. The number of hydrogen-bond donors (Lipinski definition) is 1. The first-order chi connectivity index (χ1) is 15.3. The van der Waals surface area contributed by atoms with E-state index in [2.05, 4.69) is 5.32 Å². The maximum atomic E-state index is 14.2. The Morgan fingerprint density at radius 1 is 1.19 bits per heavy atom. The van der Waals surface area contributed by atoms with Crippen molar-refractivity contribution in [3.05, 3.63) is 75.6 Å². The Kier molecular flexibility index (Phi) is 10.1. The first-order valence-electron chi connectivity index (χ1n) is 10.4. The molecule has 9 heteroatoms. The van der Waals surface area contributed by atoms with E-state index in [0.29, 0.717) is 17.9 Å². The fraction of sp³-hybridized carbons (Fsp3) is 0.391. The molecule has 1 N–H and O–H groups in total. The molecule has 0 saturated carbocycles. The van der Waals surface area contributed by atoms with E-state index in [1.807, 2.05) is 6.92 Å². The average molecular weight is 462 g/mol. The molecule has 1 atom stereocenters. The van der Waals surface area contributed by atoms with Gasteiger partial charge in [-0.25, -0.2) is 4.39 Å². The summed E-state index contributed by atoms with van der Waals surface area (Å²) in [5.74, 6) is -0.406. The van der Waals surface area contributed by atoms with E-state index in [1.54, 1.807) is 37.3 Å². The first-order valence-corrected chi connectivity index (χ1v) is 11.6. The molecule has 0 aliphatic carbocycles. The van der Waals surface area contributed by atoms with Crippen molar-refractivity contribution in [3.8, 4) is 0 Å². The lowest BCUT2D eigenvalue weighted by atomic mass is 10.1. The molecule has 0 unspecified atom stereocenters. The quantitative estimate of drug-likeness (QED) is 0.289. The van der Waals surface area contributed by atoms with Crippen molar-refractivity contribution in [3.63, 3.8) is 0 Å². The number of hydrogen-bond acceptors (Lipinski definition) is 5. The highest BCUT2D eigenvalue weighted by atomic mass is 32.2. The van der Waals surface area contributed by atoms with E-state index < -0.39 is 16.8 Å². The van der Waals surface area contributed by atoms with Gasteiger partial charge in [0.15, 0.2) is 0 Å². The van der Waals surface area contributed by atoms with Crippen LogP contribution in [-0.2, 0) is 21.9 Å². The molecule has 2 aromatic rings. The zero-order chi connectivity index (χ0) is 23.5. The molecule has 0 radical (unpaired) electrons. The maximum absolute atomic E-state index is 14.2. The van der Waals surface area contributed by atoms with Crippen molar-refractivity contribution in [2.24, 2.45) is 0 Å². The van der Waals surface area contributed by atoms with E-state index in [9.17, 15) is 24.1 Å². The summed E-state index contributed by atoms with van der Waals surface area (Å²) in [7, 11) is 0. The Morgan fingerprint density at radius 3 is 2.50 bits per heavy atom. The number of halogens is 1. The molecule has 7 nitrogen and oxygen atoms in total. The summed E-state index contributed by atoms with van der Waals surface area (Å²) in [6, 6.07) is 11.6. The first kappa shape index (κ1) is 25.3. The molecule has 2 aromatic carbocycles. The Bertz CT molecular complexity index is 924. The van der Waals surface area contributed by atoms with Gasteiger partial charge in [0.1, 0.15) is 11.9 Å². The van der Waals surface area contributed by atoms with Crippen LogP contribution in [-0.4, -0.2) is 40.0 Å². The van der Waals surface area contributed by atoms with Crippen LogP contribution in [0.5, 0.6) is 0 Å². The molecular formula is C23H28FN3O4S. The topological polar surface area (TPSA) is 92.6 Å². The summed E-state index contributed by atoms with van der Waals surface area (Å²) in [6.45, 7) is 4.18. The average Bonchev–Trinajstić information content (AvgIpc) is 2.78. The SMILES string of the molecule is CCCCNC(=O)[C@H](C)N(Cc1ccccc1F)C(=O)CSCc1ccc([N+](=O)[O-])cc1. The summed E-state index contributed by atoms with van der Waals surface area (Å²) < 4.78 is 14.2. The number of thioether (sulfide) groups is 1. The van der Waals surface area contributed by atoms with Crippen LogP contribution in [0.4, 0.5) is 10.1 Å². The Hall–Kier alpha value is -2.94. The van der Waals surface area contributed by atoms with Crippen LogP contribution >= 0.6 is 11.8 Å². The fourth-order valence-corrected chi connectivity index (χ4v) is 3.85. The number of non-ortho nitro benzene ring substituents is 1. The van der Waals surface area contributed by atoms with Gasteiger partial charge >= 0.3 is 0 Å². The minimum Gasteiger partial charge on any atom is -0.354 e. The number of nitrogens with zero attached hydrogens (tertiary/aromatic N) is 2. The smallest absolute Gasteiger partial charge is 0.269 e. The summed E-state index contributed by atoms with van der Waals surface area (Å²) >= 11 is 1.34. The lowest BCUT2D eigenvalue weighted by Gasteiger charge is -2.29. The number of nitro groups is 1. The highest BCUT2D eigenvalue weighted by Crippen LogP contribution is 2.19. The van der Waals surface area contributed by atoms with E-state index in [1.165, 1.54) is 34.9 Å². The van der Waals surface area contributed by atoms with Gasteiger partial charge in [0, 0.05) is 36.5 Å². The molecular weight excluding hydrogens is 433 g/mol. The Labute approximate surface area is 191 Å². The van der Waals surface area contributed by atoms with Crippen LogP contribution in [0.1, 0.15) is 37.8 Å². The van der Waals surface area contributed by atoms with Gasteiger partial charge in [-0.15, -0.1) is 11.8 Å². The van der Waals surface area contributed by atoms with Crippen molar-refractivity contribution in [1.82, 2.24) is 10.2 Å². The standard InChI is InChI=1S/C23H28FN3O4S/c1-3-4-13-25-23(29)17(2)26(14-19-7-5-6-8-21(19)24)22(28)16-32-15-18-9-11-20(12-10-18)27(30)31/h5-12,17H,3-4,13-16H2,1-2H3,(H,25,29)/t17-/m0/s1. The predicted molar refractivity (Wildman–Crippen MR) is 124 cm³/mol. The van der Waals surface area contributed by atoms with Gasteiger partial charge in [0.2, 0.25) is 11.8 Å². The molecule has 0 fully saturated rings. The number of amides is 2. The second-order valence-electron chi connectivity index (χ2n) is 7.35. The molecule has 0 bridgehead atoms. The zero-order valence-corrected chi connectivity index (χ0v) is 19.1.